The summed E-state index contributed by atoms with van der Waals surface area (Å²) in [4.78, 5) is 30.9. The van der Waals surface area contributed by atoms with E-state index in [4.69, 9.17) is 0 Å². The fraction of sp³-hybridized carbons (Fsp3) is 0.333. The lowest BCUT2D eigenvalue weighted by Gasteiger charge is -2.26. The van der Waals surface area contributed by atoms with Gasteiger partial charge in [0.05, 0.1) is 22.5 Å². The molecule has 0 saturated heterocycles. The molecule has 1 aliphatic rings. The van der Waals surface area contributed by atoms with Gasteiger partial charge in [-0.3, -0.25) is 14.5 Å². The van der Waals surface area contributed by atoms with Crippen molar-refractivity contribution in [3.05, 3.63) is 53.6 Å². The Bertz CT molecular complexity index is 942. The molecule has 2 aromatic rings. The maximum absolute atomic E-state index is 13.4. The van der Waals surface area contributed by atoms with Crippen LogP contribution in [0.2, 0.25) is 0 Å². The molecule has 2 aromatic carbocycles. The molecule has 0 aliphatic carbocycles. The highest BCUT2D eigenvalue weighted by Crippen LogP contribution is 2.34. The number of carbonyl (C=O) groups is 2. The predicted molar refractivity (Wildman–Crippen MR) is 110 cm³/mol. The zero-order valence-electron chi connectivity index (χ0n) is 17.0. The van der Waals surface area contributed by atoms with Gasteiger partial charge in [-0.25, -0.2) is 0 Å². The molecule has 6 nitrogen and oxygen atoms in total. The van der Waals surface area contributed by atoms with Crippen molar-refractivity contribution in [1.29, 1.82) is 0 Å². The number of hydrogen-bond donors (Lipinski definition) is 1. The number of anilines is 3. The van der Waals surface area contributed by atoms with Crippen LogP contribution in [0.15, 0.2) is 42.5 Å². The van der Waals surface area contributed by atoms with Gasteiger partial charge in [0.15, 0.2) is 0 Å². The zero-order valence-corrected chi connectivity index (χ0v) is 17.0. The van der Waals surface area contributed by atoms with Gasteiger partial charge in [-0.2, -0.15) is 13.2 Å². The van der Waals surface area contributed by atoms with Crippen molar-refractivity contribution in [2.45, 2.75) is 6.18 Å². The second-order valence-corrected chi connectivity index (χ2v) is 7.41. The van der Waals surface area contributed by atoms with Crippen molar-refractivity contribution < 1.29 is 22.8 Å². The average molecular weight is 420 g/mol. The molecule has 0 fully saturated rings. The van der Waals surface area contributed by atoms with Crippen LogP contribution >= 0.6 is 0 Å². The second-order valence-electron chi connectivity index (χ2n) is 7.41. The van der Waals surface area contributed by atoms with Gasteiger partial charge >= 0.3 is 6.18 Å². The molecular formula is C21H23F3N4O2. The summed E-state index contributed by atoms with van der Waals surface area (Å²) >= 11 is 0. The van der Waals surface area contributed by atoms with Gasteiger partial charge in [-0.05, 0) is 50.5 Å². The lowest BCUT2D eigenvalue weighted by atomic mass is 10.1. The Hall–Kier alpha value is -3.07. The van der Waals surface area contributed by atoms with Gasteiger partial charge in [-0.15, -0.1) is 0 Å². The van der Waals surface area contributed by atoms with E-state index >= 15 is 0 Å². The first kappa shape index (κ1) is 21.6. The number of nitrogens with one attached hydrogen (secondary N) is 1. The van der Waals surface area contributed by atoms with Crippen LogP contribution in [0.5, 0.6) is 0 Å². The summed E-state index contributed by atoms with van der Waals surface area (Å²) in [5.74, 6) is -0.870. The number of rotatable bonds is 5. The van der Waals surface area contributed by atoms with Gasteiger partial charge in [0.2, 0.25) is 5.91 Å². The van der Waals surface area contributed by atoms with E-state index in [0.717, 1.165) is 18.7 Å². The summed E-state index contributed by atoms with van der Waals surface area (Å²) in [7, 11) is 5.73. The minimum absolute atomic E-state index is 0.224. The lowest BCUT2D eigenvalue weighted by molar-refractivity contribution is -0.137. The number of alkyl halides is 3. The first-order valence-electron chi connectivity index (χ1n) is 9.36. The second kappa shape index (κ2) is 8.35. The van der Waals surface area contributed by atoms with Crippen LogP contribution in [-0.2, 0) is 11.0 Å². The highest BCUT2D eigenvalue weighted by Gasteiger charge is 2.33. The van der Waals surface area contributed by atoms with Crippen LogP contribution in [-0.4, -0.2) is 57.5 Å². The summed E-state index contributed by atoms with van der Waals surface area (Å²) in [6.45, 7) is 1.11. The van der Waals surface area contributed by atoms with Gasteiger partial charge in [0, 0.05) is 25.8 Å². The molecule has 0 atom stereocenters. The van der Waals surface area contributed by atoms with Crippen LogP contribution in [0, 0.1) is 0 Å². The Balaban J connectivity index is 2.00. The monoisotopic (exact) mass is 420 g/mol. The third-order valence-electron chi connectivity index (χ3n) is 4.88. The predicted octanol–water partition coefficient (Wildman–Crippen LogP) is 3.30. The standard InChI is InChI=1S/C21H23F3N4O2/c1-26(2)11-12-27(3)17-6-4-5-16-19(17)20(30)28(13-18(29)25-16)15-9-7-14(8-10-15)21(22,23)24/h4-10H,11-13H2,1-3H3,(H,25,29). The van der Waals surface area contributed by atoms with Crippen LogP contribution in [0.1, 0.15) is 15.9 Å². The Labute approximate surface area is 172 Å². The molecular weight excluding hydrogens is 397 g/mol. The number of hydrogen-bond acceptors (Lipinski definition) is 4. The number of halogens is 3. The highest BCUT2D eigenvalue weighted by molar-refractivity contribution is 6.19. The molecule has 0 aromatic heterocycles. The molecule has 0 saturated carbocycles. The van der Waals surface area contributed by atoms with Gasteiger partial charge < -0.3 is 15.1 Å². The van der Waals surface area contributed by atoms with Crippen molar-refractivity contribution in [2.24, 2.45) is 0 Å². The minimum Gasteiger partial charge on any atom is -0.373 e. The molecule has 0 unspecified atom stereocenters. The van der Waals surface area contributed by atoms with E-state index in [2.05, 4.69) is 5.32 Å². The van der Waals surface area contributed by atoms with Gasteiger partial charge in [-0.1, -0.05) is 6.07 Å². The third-order valence-corrected chi connectivity index (χ3v) is 4.88. The maximum Gasteiger partial charge on any atom is 0.416 e. The van der Waals surface area contributed by atoms with Crippen LogP contribution < -0.4 is 15.1 Å². The summed E-state index contributed by atoms with van der Waals surface area (Å²) in [6, 6.07) is 9.40. The molecule has 0 bridgehead atoms. The van der Waals surface area contributed by atoms with Crippen LogP contribution in [0.3, 0.4) is 0 Å². The number of benzene rings is 2. The summed E-state index contributed by atoms with van der Waals surface area (Å²) in [6.07, 6.45) is -4.48. The zero-order chi connectivity index (χ0) is 22.1. The molecule has 0 radical (unpaired) electrons. The first-order chi connectivity index (χ1) is 14.1. The van der Waals surface area contributed by atoms with E-state index in [1.807, 2.05) is 30.9 Å². The molecule has 160 valence electrons. The van der Waals surface area contributed by atoms with E-state index in [1.54, 1.807) is 18.2 Å². The molecule has 30 heavy (non-hydrogen) atoms. The molecule has 1 N–H and O–H groups in total. The van der Waals surface area contributed by atoms with Crippen molar-refractivity contribution in [2.75, 3.05) is 55.9 Å². The highest BCUT2D eigenvalue weighted by atomic mass is 19.4. The van der Waals surface area contributed by atoms with E-state index in [1.165, 1.54) is 17.0 Å². The van der Waals surface area contributed by atoms with Crippen LogP contribution in [0.25, 0.3) is 0 Å². The summed E-state index contributed by atoms with van der Waals surface area (Å²) < 4.78 is 38.6. The molecule has 1 heterocycles. The smallest absolute Gasteiger partial charge is 0.373 e. The summed E-state index contributed by atoms with van der Waals surface area (Å²) in [5, 5.41) is 2.73. The Morgan fingerprint density at radius 3 is 2.27 bits per heavy atom. The van der Waals surface area contributed by atoms with Crippen molar-refractivity contribution in [3.8, 4) is 0 Å². The molecule has 2 amide bonds. The molecule has 1 aliphatic heterocycles. The van der Waals surface area contributed by atoms with E-state index in [0.29, 0.717) is 23.5 Å². The van der Waals surface area contributed by atoms with E-state index < -0.39 is 23.6 Å². The normalized spacial score (nSPS) is 14.4. The molecule has 9 heteroatoms. The minimum atomic E-state index is -4.48. The van der Waals surface area contributed by atoms with Crippen molar-refractivity contribution in [3.63, 3.8) is 0 Å². The largest absolute Gasteiger partial charge is 0.416 e. The number of amides is 2. The number of nitrogens with zero attached hydrogens (tertiary/aromatic N) is 3. The number of fused-ring (bicyclic) bond motifs is 1. The average Bonchev–Trinajstić information content (AvgIpc) is 2.81. The SMILES string of the molecule is CN(C)CCN(C)c1cccc2c1C(=O)N(c1ccc(C(F)(F)F)cc1)CC(=O)N2. The lowest BCUT2D eigenvalue weighted by Crippen LogP contribution is -2.36. The maximum atomic E-state index is 13.4. The Kier molecular flexibility index (Phi) is 6.02. The fourth-order valence-electron chi connectivity index (χ4n) is 3.24. The van der Waals surface area contributed by atoms with Crippen molar-refractivity contribution >= 4 is 28.9 Å². The summed E-state index contributed by atoms with van der Waals surface area (Å²) in [5.41, 5.74) is 0.737. The van der Waals surface area contributed by atoms with Crippen molar-refractivity contribution in [1.82, 2.24) is 4.90 Å². The van der Waals surface area contributed by atoms with Gasteiger partial charge in [0.25, 0.3) is 5.91 Å². The van der Waals surface area contributed by atoms with E-state index in [9.17, 15) is 22.8 Å². The number of carbonyl (C=O) groups excluding carboxylic acids is 2. The van der Waals surface area contributed by atoms with Crippen LogP contribution in [0.4, 0.5) is 30.2 Å². The Morgan fingerprint density at radius 2 is 1.67 bits per heavy atom. The topological polar surface area (TPSA) is 55.9 Å². The quantitative estimate of drug-likeness (QED) is 0.807. The third kappa shape index (κ3) is 4.56. The van der Waals surface area contributed by atoms with Gasteiger partial charge in [0.1, 0.15) is 6.54 Å². The first-order valence-corrected chi connectivity index (χ1v) is 9.36. The Morgan fingerprint density at radius 1 is 1.00 bits per heavy atom. The van der Waals surface area contributed by atoms with E-state index in [-0.39, 0.29) is 12.2 Å². The number of likely N-dealkylation sites (N-methyl/N-ethyl adjacent to an activating group) is 2. The molecule has 3 rings (SSSR count). The fourth-order valence-corrected chi connectivity index (χ4v) is 3.24. The molecule has 0 spiro atoms.